The Hall–Kier alpha value is -0.850. The average molecular weight is 404 g/mol. The number of halogens is 2. The number of benzene rings is 1. The number of ether oxygens (including phenoxy) is 1. The van der Waals surface area contributed by atoms with E-state index in [9.17, 15) is 4.79 Å². The molecule has 7 heteroatoms. The lowest BCUT2D eigenvalue weighted by atomic mass is 9.79. The van der Waals surface area contributed by atoms with Gasteiger partial charge in [-0.15, -0.1) is 24.8 Å². The number of likely N-dealkylation sites (tertiary alicyclic amines) is 1. The highest BCUT2D eigenvalue weighted by atomic mass is 35.5. The summed E-state index contributed by atoms with van der Waals surface area (Å²) >= 11 is 0. The second-order valence-corrected chi connectivity index (χ2v) is 7.13. The van der Waals surface area contributed by atoms with E-state index in [1.54, 1.807) is 0 Å². The first-order chi connectivity index (χ1) is 11.7. The molecule has 1 amide bonds. The van der Waals surface area contributed by atoms with E-state index in [0.717, 1.165) is 45.3 Å². The van der Waals surface area contributed by atoms with E-state index in [4.69, 9.17) is 10.5 Å². The fourth-order valence-corrected chi connectivity index (χ4v) is 3.78. The number of piperidine rings is 1. The fraction of sp³-hybridized carbons (Fsp3) is 0.632. The summed E-state index contributed by atoms with van der Waals surface area (Å²) in [4.78, 5) is 15.3. The number of hydrogen-bond donors (Lipinski definition) is 2. The minimum atomic E-state index is -0.431. The van der Waals surface area contributed by atoms with Crippen molar-refractivity contribution in [3.8, 4) is 0 Å². The normalized spacial score (nSPS) is 22.6. The van der Waals surface area contributed by atoms with Crippen molar-refractivity contribution in [3.63, 3.8) is 0 Å². The van der Waals surface area contributed by atoms with E-state index >= 15 is 0 Å². The summed E-state index contributed by atoms with van der Waals surface area (Å²) in [6.07, 6.45) is 3.64. The van der Waals surface area contributed by atoms with Crippen LogP contribution in [0.4, 0.5) is 0 Å². The first-order valence-electron chi connectivity index (χ1n) is 9.07. The van der Waals surface area contributed by atoms with Crippen molar-refractivity contribution in [2.45, 2.75) is 38.3 Å². The number of nitrogens with one attached hydrogen (secondary N) is 1. The molecule has 1 aromatic rings. The van der Waals surface area contributed by atoms with Crippen molar-refractivity contribution in [2.24, 2.45) is 11.1 Å². The minimum absolute atomic E-state index is 0. The quantitative estimate of drug-likeness (QED) is 0.791. The molecule has 2 saturated heterocycles. The van der Waals surface area contributed by atoms with Gasteiger partial charge in [0.05, 0.1) is 5.41 Å². The highest BCUT2D eigenvalue weighted by Crippen LogP contribution is 2.30. The van der Waals surface area contributed by atoms with Crippen LogP contribution in [-0.2, 0) is 16.1 Å². The summed E-state index contributed by atoms with van der Waals surface area (Å²) in [6, 6.07) is 10.7. The summed E-state index contributed by atoms with van der Waals surface area (Å²) in [7, 11) is 0. The Kier molecular flexibility index (Phi) is 9.90. The van der Waals surface area contributed by atoms with Gasteiger partial charge in [0.2, 0.25) is 5.91 Å². The lowest BCUT2D eigenvalue weighted by Crippen LogP contribution is -2.55. The second-order valence-electron chi connectivity index (χ2n) is 7.13. The Morgan fingerprint density at radius 1 is 1.23 bits per heavy atom. The molecule has 0 saturated carbocycles. The van der Waals surface area contributed by atoms with Crippen LogP contribution in [0, 0.1) is 5.41 Å². The van der Waals surface area contributed by atoms with Gasteiger partial charge in [-0.05, 0) is 37.8 Å². The molecule has 0 spiro atoms. The Balaban J connectivity index is 0.00000169. The van der Waals surface area contributed by atoms with Gasteiger partial charge in [-0.3, -0.25) is 9.69 Å². The fourth-order valence-electron chi connectivity index (χ4n) is 3.78. The number of rotatable bonds is 5. The van der Waals surface area contributed by atoms with Crippen LogP contribution in [0.25, 0.3) is 0 Å². The molecule has 1 unspecified atom stereocenters. The largest absolute Gasteiger partial charge is 0.381 e. The summed E-state index contributed by atoms with van der Waals surface area (Å²) in [5, 5.41) is 3.28. The van der Waals surface area contributed by atoms with Gasteiger partial charge in [-0.25, -0.2) is 0 Å². The summed E-state index contributed by atoms with van der Waals surface area (Å²) in [5.41, 5.74) is 6.84. The summed E-state index contributed by atoms with van der Waals surface area (Å²) in [6.45, 7) is 4.63. The van der Waals surface area contributed by atoms with Gasteiger partial charge >= 0.3 is 0 Å². The van der Waals surface area contributed by atoms with Crippen LogP contribution in [0.5, 0.6) is 0 Å². The number of nitrogens with zero attached hydrogens (tertiary/aromatic N) is 1. The number of nitrogens with two attached hydrogens (primary N) is 1. The maximum atomic E-state index is 12.8. The standard InChI is InChI=1S/C19H29N3O2.2ClH/c20-15-19(8-11-24-12-9-19)18(23)21-17-7-4-10-22(14-17)13-16-5-2-1-3-6-16;;/h1-3,5-6,17H,4,7-15,20H2,(H,21,23);2*1H. The molecule has 3 N–H and O–H groups in total. The number of hydrogen-bond acceptors (Lipinski definition) is 4. The van der Waals surface area contributed by atoms with Gasteiger partial charge in [0.15, 0.2) is 0 Å². The van der Waals surface area contributed by atoms with E-state index in [1.165, 1.54) is 5.56 Å². The number of carbonyl (C=O) groups excluding carboxylic acids is 1. The van der Waals surface area contributed by atoms with Crippen LogP contribution < -0.4 is 11.1 Å². The SMILES string of the molecule is Cl.Cl.NCC1(C(=O)NC2CCCN(Cc3ccccc3)C2)CCOCC1. The minimum Gasteiger partial charge on any atom is -0.381 e. The van der Waals surface area contributed by atoms with E-state index in [1.807, 2.05) is 6.07 Å². The lowest BCUT2D eigenvalue weighted by molar-refractivity contribution is -0.137. The van der Waals surface area contributed by atoms with Crippen LogP contribution in [0.2, 0.25) is 0 Å². The zero-order chi connectivity index (χ0) is 16.8. The molecule has 2 heterocycles. The Morgan fingerprint density at radius 3 is 2.58 bits per heavy atom. The van der Waals surface area contributed by atoms with E-state index in [-0.39, 0.29) is 36.8 Å². The van der Waals surface area contributed by atoms with Gasteiger partial charge in [0.25, 0.3) is 0 Å². The second kappa shape index (κ2) is 11.1. The molecular weight excluding hydrogens is 373 g/mol. The van der Waals surface area contributed by atoms with Crippen LogP contribution >= 0.6 is 24.8 Å². The molecule has 1 atom stereocenters. The smallest absolute Gasteiger partial charge is 0.227 e. The molecule has 2 aliphatic heterocycles. The summed E-state index contributed by atoms with van der Waals surface area (Å²) < 4.78 is 5.41. The Bertz CT molecular complexity index is 539. The van der Waals surface area contributed by atoms with Gasteiger partial charge in [-0.1, -0.05) is 30.3 Å². The topological polar surface area (TPSA) is 67.6 Å². The van der Waals surface area contributed by atoms with Crippen LogP contribution in [-0.4, -0.2) is 49.7 Å². The number of amides is 1. The maximum Gasteiger partial charge on any atom is 0.227 e. The molecular formula is C19H31Cl2N3O2. The molecule has 3 rings (SSSR count). The average Bonchev–Trinajstić information content (AvgIpc) is 2.63. The lowest BCUT2D eigenvalue weighted by Gasteiger charge is -2.38. The molecule has 2 fully saturated rings. The molecule has 0 aliphatic carbocycles. The molecule has 0 aromatic heterocycles. The molecule has 0 radical (unpaired) electrons. The van der Waals surface area contributed by atoms with Crippen LogP contribution in [0.1, 0.15) is 31.2 Å². The van der Waals surface area contributed by atoms with Gasteiger partial charge in [0.1, 0.15) is 0 Å². The highest BCUT2D eigenvalue weighted by molar-refractivity contribution is 5.85. The van der Waals surface area contributed by atoms with Gasteiger partial charge in [-0.2, -0.15) is 0 Å². The molecule has 1 aromatic carbocycles. The van der Waals surface area contributed by atoms with E-state index in [0.29, 0.717) is 19.8 Å². The third kappa shape index (κ3) is 5.83. The molecule has 148 valence electrons. The van der Waals surface area contributed by atoms with Crippen molar-refractivity contribution in [2.75, 3.05) is 32.8 Å². The van der Waals surface area contributed by atoms with Crippen LogP contribution in [0.15, 0.2) is 30.3 Å². The molecule has 0 bridgehead atoms. The Morgan fingerprint density at radius 2 is 1.92 bits per heavy atom. The molecule has 2 aliphatic rings. The highest BCUT2D eigenvalue weighted by Gasteiger charge is 2.39. The molecule has 5 nitrogen and oxygen atoms in total. The third-order valence-electron chi connectivity index (χ3n) is 5.41. The first kappa shape index (κ1) is 23.2. The number of carbonyl (C=O) groups is 1. The first-order valence-corrected chi connectivity index (χ1v) is 9.07. The molecule has 26 heavy (non-hydrogen) atoms. The van der Waals surface area contributed by atoms with Crippen molar-refractivity contribution >= 4 is 30.7 Å². The van der Waals surface area contributed by atoms with Crippen molar-refractivity contribution in [1.29, 1.82) is 0 Å². The van der Waals surface area contributed by atoms with Crippen molar-refractivity contribution in [1.82, 2.24) is 10.2 Å². The van der Waals surface area contributed by atoms with Crippen molar-refractivity contribution < 1.29 is 9.53 Å². The summed E-state index contributed by atoms with van der Waals surface area (Å²) in [5.74, 6) is 0.125. The van der Waals surface area contributed by atoms with Gasteiger partial charge < -0.3 is 15.8 Å². The predicted molar refractivity (Wildman–Crippen MR) is 109 cm³/mol. The zero-order valence-corrected chi connectivity index (χ0v) is 16.8. The van der Waals surface area contributed by atoms with E-state index in [2.05, 4.69) is 34.5 Å². The van der Waals surface area contributed by atoms with E-state index < -0.39 is 5.41 Å². The maximum absolute atomic E-state index is 12.8. The monoisotopic (exact) mass is 403 g/mol. The Labute approximate surface area is 168 Å². The van der Waals surface area contributed by atoms with Crippen LogP contribution in [0.3, 0.4) is 0 Å². The predicted octanol–water partition coefficient (Wildman–Crippen LogP) is 2.37. The zero-order valence-electron chi connectivity index (χ0n) is 15.2. The van der Waals surface area contributed by atoms with Gasteiger partial charge in [0, 0.05) is 38.9 Å². The third-order valence-corrected chi connectivity index (χ3v) is 5.41. The van der Waals surface area contributed by atoms with Crippen molar-refractivity contribution in [3.05, 3.63) is 35.9 Å².